The van der Waals surface area contributed by atoms with Gasteiger partial charge in [0.05, 0.1) is 27.0 Å². The summed E-state index contributed by atoms with van der Waals surface area (Å²) in [6, 6.07) is 8.07. The first-order valence-electron chi connectivity index (χ1n) is 5.74. The van der Waals surface area contributed by atoms with Gasteiger partial charge in [0.1, 0.15) is 5.01 Å². The van der Waals surface area contributed by atoms with E-state index in [9.17, 15) is 0 Å². The number of nitrogens with zero attached hydrogens (tertiary/aromatic N) is 2. The third kappa shape index (κ3) is 2.29. The highest BCUT2D eigenvalue weighted by Gasteiger charge is 2.13. The maximum atomic E-state index is 6.21. The van der Waals surface area contributed by atoms with E-state index in [2.05, 4.69) is 21.4 Å². The van der Waals surface area contributed by atoms with Crippen molar-refractivity contribution in [2.45, 2.75) is 19.4 Å². The molecule has 0 fully saturated rings. The van der Waals surface area contributed by atoms with Crippen LogP contribution in [0.15, 0.2) is 29.6 Å². The Bertz CT molecular complexity index is 638. The number of aromatic nitrogens is 2. The van der Waals surface area contributed by atoms with E-state index in [1.54, 1.807) is 22.7 Å². The Morgan fingerprint density at radius 3 is 2.83 bits per heavy atom. The van der Waals surface area contributed by atoms with Crippen molar-refractivity contribution in [1.29, 1.82) is 0 Å². The summed E-state index contributed by atoms with van der Waals surface area (Å²) in [7, 11) is 0. The molecule has 0 aliphatic carbocycles. The first kappa shape index (κ1) is 11.8. The minimum Gasteiger partial charge on any atom is -0.322 e. The molecule has 2 aromatic heterocycles. The fraction of sp³-hybridized carbons (Fsp3) is 0.231. The zero-order chi connectivity index (χ0) is 12.5. The third-order valence-corrected chi connectivity index (χ3v) is 4.71. The lowest BCUT2D eigenvalue weighted by molar-refractivity contribution is 0.704. The number of hydrogen-bond donors (Lipinski definition) is 1. The zero-order valence-electron chi connectivity index (χ0n) is 9.96. The van der Waals surface area contributed by atoms with Crippen molar-refractivity contribution < 1.29 is 0 Å². The van der Waals surface area contributed by atoms with Gasteiger partial charge in [-0.3, -0.25) is 0 Å². The first-order chi connectivity index (χ1) is 8.72. The number of hydrogen-bond acceptors (Lipinski definition) is 5. The summed E-state index contributed by atoms with van der Waals surface area (Å²) in [5.74, 6) is 0. The van der Waals surface area contributed by atoms with E-state index >= 15 is 0 Å². The maximum absolute atomic E-state index is 6.21. The Hall–Kier alpha value is -1.30. The highest BCUT2D eigenvalue weighted by atomic mass is 32.1. The second kappa shape index (κ2) is 4.76. The molecule has 1 atom stereocenters. The molecule has 0 aliphatic heterocycles. The SMILES string of the molecule is Cc1nc(CC(N)c2nc3ccccc3s2)cs1. The molecule has 3 aromatic rings. The van der Waals surface area contributed by atoms with E-state index < -0.39 is 0 Å². The van der Waals surface area contributed by atoms with Gasteiger partial charge >= 0.3 is 0 Å². The lowest BCUT2D eigenvalue weighted by atomic mass is 10.2. The van der Waals surface area contributed by atoms with Crippen LogP contribution in [0.1, 0.15) is 21.8 Å². The predicted molar refractivity (Wildman–Crippen MR) is 77.1 cm³/mol. The quantitative estimate of drug-likeness (QED) is 0.798. The van der Waals surface area contributed by atoms with Crippen LogP contribution in [-0.4, -0.2) is 9.97 Å². The van der Waals surface area contributed by atoms with E-state index in [0.717, 1.165) is 27.6 Å². The lowest BCUT2D eigenvalue weighted by Gasteiger charge is -2.05. The number of fused-ring (bicyclic) bond motifs is 1. The Labute approximate surface area is 113 Å². The van der Waals surface area contributed by atoms with Gasteiger partial charge in [-0.1, -0.05) is 12.1 Å². The van der Waals surface area contributed by atoms with Gasteiger partial charge in [0.15, 0.2) is 0 Å². The average molecular weight is 275 g/mol. The molecule has 92 valence electrons. The van der Waals surface area contributed by atoms with E-state index in [1.165, 1.54) is 4.70 Å². The standard InChI is InChI=1S/C13H13N3S2/c1-8-15-9(7-17-8)6-10(14)13-16-11-4-2-3-5-12(11)18-13/h2-5,7,10H,6,14H2,1H3. The molecular weight excluding hydrogens is 262 g/mol. The number of nitrogens with two attached hydrogens (primary N) is 1. The molecule has 0 saturated heterocycles. The third-order valence-electron chi connectivity index (χ3n) is 2.72. The van der Waals surface area contributed by atoms with Gasteiger partial charge in [-0.05, 0) is 19.1 Å². The molecule has 18 heavy (non-hydrogen) atoms. The second-order valence-electron chi connectivity index (χ2n) is 4.19. The van der Waals surface area contributed by atoms with Crippen LogP contribution in [-0.2, 0) is 6.42 Å². The highest BCUT2D eigenvalue weighted by Crippen LogP contribution is 2.27. The minimum atomic E-state index is -0.0658. The van der Waals surface area contributed by atoms with Crippen molar-refractivity contribution in [2.24, 2.45) is 5.73 Å². The van der Waals surface area contributed by atoms with Gasteiger partial charge in [0.25, 0.3) is 0 Å². The zero-order valence-corrected chi connectivity index (χ0v) is 11.6. The number of thiazole rings is 2. The Morgan fingerprint density at radius 1 is 1.28 bits per heavy atom. The van der Waals surface area contributed by atoms with Crippen molar-refractivity contribution in [2.75, 3.05) is 0 Å². The van der Waals surface area contributed by atoms with Crippen LogP contribution in [0.25, 0.3) is 10.2 Å². The van der Waals surface area contributed by atoms with Crippen LogP contribution in [0, 0.1) is 6.92 Å². The molecule has 3 nitrogen and oxygen atoms in total. The van der Waals surface area contributed by atoms with Crippen LogP contribution < -0.4 is 5.73 Å². The Balaban J connectivity index is 1.85. The van der Waals surface area contributed by atoms with E-state index in [0.29, 0.717) is 0 Å². The molecule has 0 bridgehead atoms. The second-order valence-corrected chi connectivity index (χ2v) is 6.31. The van der Waals surface area contributed by atoms with Crippen LogP contribution in [0.4, 0.5) is 0 Å². The molecule has 0 saturated carbocycles. The van der Waals surface area contributed by atoms with Crippen LogP contribution >= 0.6 is 22.7 Å². The summed E-state index contributed by atoms with van der Waals surface area (Å²) in [5, 5.41) is 4.14. The predicted octanol–water partition coefficient (Wildman–Crippen LogP) is 3.30. The van der Waals surface area contributed by atoms with Crippen molar-refractivity contribution in [3.63, 3.8) is 0 Å². The topological polar surface area (TPSA) is 51.8 Å². The first-order valence-corrected chi connectivity index (χ1v) is 7.44. The molecule has 2 heterocycles. The molecule has 2 N–H and O–H groups in total. The Kier molecular flexibility index (Phi) is 3.11. The van der Waals surface area contributed by atoms with Crippen molar-refractivity contribution >= 4 is 32.9 Å². The largest absolute Gasteiger partial charge is 0.322 e. The van der Waals surface area contributed by atoms with Gasteiger partial charge < -0.3 is 5.73 Å². The van der Waals surface area contributed by atoms with Gasteiger partial charge in [0.2, 0.25) is 0 Å². The molecule has 0 spiro atoms. The van der Waals surface area contributed by atoms with Crippen LogP contribution in [0.3, 0.4) is 0 Å². The molecule has 1 aromatic carbocycles. The van der Waals surface area contributed by atoms with Gasteiger partial charge in [-0.15, -0.1) is 22.7 Å². The highest BCUT2D eigenvalue weighted by molar-refractivity contribution is 7.18. The number of rotatable bonds is 3. The minimum absolute atomic E-state index is 0.0658. The molecule has 0 radical (unpaired) electrons. The lowest BCUT2D eigenvalue weighted by Crippen LogP contribution is -2.13. The van der Waals surface area contributed by atoms with Crippen molar-refractivity contribution in [1.82, 2.24) is 9.97 Å². The van der Waals surface area contributed by atoms with Gasteiger partial charge in [-0.25, -0.2) is 9.97 Å². The molecule has 3 rings (SSSR count). The average Bonchev–Trinajstić information content (AvgIpc) is 2.95. The summed E-state index contributed by atoms with van der Waals surface area (Å²) in [6.45, 7) is 2.01. The van der Waals surface area contributed by atoms with E-state index in [1.807, 2.05) is 25.1 Å². The smallest absolute Gasteiger partial charge is 0.111 e. The summed E-state index contributed by atoms with van der Waals surface area (Å²) in [6.07, 6.45) is 0.754. The number of para-hydroxylation sites is 1. The molecule has 0 amide bonds. The summed E-state index contributed by atoms with van der Waals surface area (Å²) in [5.41, 5.74) is 8.30. The Morgan fingerprint density at radius 2 is 2.11 bits per heavy atom. The van der Waals surface area contributed by atoms with Gasteiger partial charge in [0, 0.05) is 11.8 Å². The fourth-order valence-electron chi connectivity index (χ4n) is 1.86. The molecule has 1 unspecified atom stereocenters. The van der Waals surface area contributed by atoms with E-state index in [4.69, 9.17) is 5.73 Å². The normalized spacial score (nSPS) is 13.0. The van der Waals surface area contributed by atoms with Crippen molar-refractivity contribution in [3.05, 3.63) is 45.4 Å². The van der Waals surface area contributed by atoms with Crippen LogP contribution in [0.5, 0.6) is 0 Å². The van der Waals surface area contributed by atoms with Crippen LogP contribution in [0.2, 0.25) is 0 Å². The number of benzene rings is 1. The van der Waals surface area contributed by atoms with E-state index in [-0.39, 0.29) is 6.04 Å². The molecule has 5 heteroatoms. The summed E-state index contributed by atoms with van der Waals surface area (Å²) >= 11 is 3.33. The fourth-order valence-corrected chi connectivity index (χ4v) is 3.46. The van der Waals surface area contributed by atoms with Gasteiger partial charge in [-0.2, -0.15) is 0 Å². The maximum Gasteiger partial charge on any atom is 0.111 e. The summed E-state index contributed by atoms with van der Waals surface area (Å²) < 4.78 is 1.19. The van der Waals surface area contributed by atoms with Crippen molar-refractivity contribution in [3.8, 4) is 0 Å². The molecule has 0 aliphatic rings. The monoisotopic (exact) mass is 275 g/mol. The molecular formula is C13H13N3S2. The number of aryl methyl sites for hydroxylation is 1. The summed E-state index contributed by atoms with van der Waals surface area (Å²) in [4.78, 5) is 9.03.